The molecular weight excluding hydrogens is 570 g/mol. The Bertz CT molecular complexity index is 1590. The van der Waals surface area contributed by atoms with E-state index in [1.165, 1.54) is 30.2 Å². The van der Waals surface area contributed by atoms with Crippen LogP contribution in [0.1, 0.15) is 41.1 Å². The van der Waals surface area contributed by atoms with Crippen molar-refractivity contribution in [1.82, 2.24) is 10.2 Å². The van der Waals surface area contributed by atoms with Crippen LogP contribution in [0.25, 0.3) is 0 Å². The molecule has 0 bridgehead atoms. The molecule has 40 heavy (non-hydrogen) atoms. The number of Topliss-reactive ketones (excluding diaryl/α,β-unsaturated/α-hetero) is 2. The molecule has 1 unspecified atom stereocenters. The lowest BCUT2D eigenvalue weighted by molar-refractivity contribution is -0.116. The van der Waals surface area contributed by atoms with Crippen LogP contribution in [0.3, 0.4) is 0 Å². The highest BCUT2D eigenvalue weighted by Crippen LogP contribution is 2.49. The van der Waals surface area contributed by atoms with Crippen molar-refractivity contribution in [1.29, 1.82) is 5.26 Å². The first-order chi connectivity index (χ1) is 19.4. The molecule has 2 N–H and O–H groups in total. The Morgan fingerprint density at radius 1 is 1.20 bits per heavy atom. The zero-order chi connectivity index (χ0) is 28.4. The van der Waals surface area contributed by atoms with Crippen LogP contribution in [0.2, 0.25) is 5.02 Å². The molecule has 1 atom stereocenters. The molecule has 0 spiro atoms. The Morgan fingerprint density at radius 2 is 1.98 bits per heavy atom. The zero-order valence-electron chi connectivity index (χ0n) is 21.6. The first kappa shape index (κ1) is 27.7. The van der Waals surface area contributed by atoms with E-state index in [0.29, 0.717) is 67.7 Å². The highest BCUT2D eigenvalue weighted by molar-refractivity contribution is 8.01. The summed E-state index contributed by atoms with van der Waals surface area (Å²) in [5.74, 6) is 0.580. The van der Waals surface area contributed by atoms with E-state index in [4.69, 9.17) is 26.8 Å². The number of nitrogens with two attached hydrogens (primary N) is 1. The van der Waals surface area contributed by atoms with Crippen LogP contribution in [0, 0.1) is 11.3 Å². The number of nitrogens with zero attached hydrogens (tertiary/aromatic N) is 4. The van der Waals surface area contributed by atoms with Crippen molar-refractivity contribution in [3.05, 3.63) is 81.3 Å². The third-order valence-corrected chi connectivity index (χ3v) is 9.03. The van der Waals surface area contributed by atoms with Gasteiger partial charge in [-0.1, -0.05) is 34.7 Å². The number of carbonyl (C=O) groups excluding carboxylic acids is 2. The summed E-state index contributed by atoms with van der Waals surface area (Å²) in [7, 11) is 3.09. The van der Waals surface area contributed by atoms with E-state index in [0.717, 1.165) is 0 Å². The molecule has 0 amide bonds. The maximum Gasteiger partial charge on any atom is 0.219 e. The Hall–Kier alpha value is -3.85. The fourth-order valence-electron chi connectivity index (χ4n) is 4.88. The molecule has 9 nitrogen and oxygen atoms in total. The van der Waals surface area contributed by atoms with Crippen LogP contribution in [-0.4, -0.2) is 41.7 Å². The zero-order valence-corrected chi connectivity index (χ0v) is 24.0. The minimum Gasteiger partial charge on any atom is -0.497 e. The number of halogens is 1. The summed E-state index contributed by atoms with van der Waals surface area (Å²) < 4.78 is 11.6. The van der Waals surface area contributed by atoms with Crippen molar-refractivity contribution in [3.8, 4) is 17.6 Å². The number of benzene rings is 2. The maximum absolute atomic E-state index is 13.4. The van der Waals surface area contributed by atoms with Gasteiger partial charge >= 0.3 is 0 Å². The third-order valence-electron chi connectivity index (χ3n) is 6.74. The second-order valence-electron chi connectivity index (χ2n) is 8.99. The number of thioether (sulfide) groups is 1. The van der Waals surface area contributed by atoms with Gasteiger partial charge in [-0.2, -0.15) is 5.26 Å². The van der Waals surface area contributed by atoms with Gasteiger partial charge in [0.1, 0.15) is 17.3 Å². The van der Waals surface area contributed by atoms with Gasteiger partial charge in [0.25, 0.3) is 0 Å². The van der Waals surface area contributed by atoms with Crippen LogP contribution >= 0.6 is 34.7 Å². The lowest BCUT2D eigenvalue weighted by Gasteiger charge is -2.38. The van der Waals surface area contributed by atoms with Gasteiger partial charge in [0.15, 0.2) is 15.9 Å². The Morgan fingerprint density at radius 3 is 2.67 bits per heavy atom. The summed E-state index contributed by atoms with van der Waals surface area (Å²) in [6.07, 6.45) is 1.57. The number of hydrogen-bond acceptors (Lipinski definition) is 11. The average Bonchev–Trinajstić information content (AvgIpc) is 3.43. The van der Waals surface area contributed by atoms with E-state index in [9.17, 15) is 14.9 Å². The van der Waals surface area contributed by atoms with Crippen LogP contribution in [0.4, 0.5) is 5.13 Å². The van der Waals surface area contributed by atoms with Gasteiger partial charge in [-0.25, -0.2) is 0 Å². The predicted molar refractivity (Wildman–Crippen MR) is 154 cm³/mol. The molecule has 1 aliphatic carbocycles. The summed E-state index contributed by atoms with van der Waals surface area (Å²) in [6.45, 7) is 0. The van der Waals surface area contributed by atoms with Crippen molar-refractivity contribution in [3.63, 3.8) is 0 Å². The van der Waals surface area contributed by atoms with Gasteiger partial charge < -0.3 is 15.2 Å². The molecule has 204 valence electrons. The van der Waals surface area contributed by atoms with Crippen LogP contribution in [0.5, 0.6) is 11.5 Å². The smallest absolute Gasteiger partial charge is 0.219 e. The first-order valence-corrected chi connectivity index (χ1v) is 14.5. The maximum atomic E-state index is 13.4. The number of hydrogen-bond donors (Lipinski definition) is 1. The van der Waals surface area contributed by atoms with Crippen molar-refractivity contribution >= 4 is 51.4 Å². The second-order valence-corrected chi connectivity index (χ2v) is 11.6. The summed E-state index contributed by atoms with van der Waals surface area (Å²) in [6, 6.07) is 14.2. The summed E-state index contributed by atoms with van der Waals surface area (Å²) >= 11 is 8.42. The average molecular weight is 594 g/mol. The minimum atomic E-state index is -0.715. The Balaban J connectivity index is 1.51. The summed E-state index contributed by atoms with van der Waals surface area (Å²) in [5, 5.41) is 19.9. The third kappa shape index (κ3) is 5.18. The largest absolute Gasteiger partial charge is 0.497 e. The van der Waals surface area contributed by atoms with Gasteiger partial charge in [0.2, 0.25) is 5.13 Å². The molecule has 5 rings (SSSR count). The fraction of sp³-hybridized carbons (Fsp3) is 0.250. The van der Waals surface area contributed by atoms with Crippen molar-refractivity contribution < 1.29 is 19.1 Å². The van der Waals surface area contributed by atoms with Crippen molar-refractivity contribution in [2.45, 2.75) is 29.5 Å². The lowest BCUT2D eigenvalue weighted by Crippen LogP contribution is -2.38. The van der Waals surface area contributed by atoms with E-state index in [1.807, 2.05) is 0 Å². The number of anilines is 1. The molecule has 0 radical (unpaired) electrons. The molecule has 0 saturated carbocycles. The Kier molecular flexibility index (Phi) is 8.12. The molecule has 3 aromatic rings. The van der Waals surface area contributed by atoms with E-state index in [1.54, 1.807) is 54.5 Å². The highest BCUT2D eigenvalue weighted by Gasteiger charge is 2.42. The number of rotatable bonds is 8. The number of carbonyl (C=O) groups is 2. The summed E-state index contributed by atoms with van der Waals surface area (Å²) in [4.78, 5) is 27.7. The molecule has 0 fully saturated rings. The number of allylic oxidation sites excluding steroid dienone is 3. The molecule has 2 aliphatic rings. The second kappa shape index (κ2) is 11.7. The fourth-order valence-corrected chi connectivity index (χ4v) is 6.78. The first-order valence-electron chi connectivity index (χ1n) is 12.3. The van der Waals surface area contributed by atoms with Gasteiger partial charge in [-0.05, 0) is 55.3 Å². The van der Waals surface area contributed by atoms with Crippen LogP contribution in [-0.2, 0) is 4.79 Å². The number of ketones is 2. The van der Waals surface area contributed by atoms with Gasteiger partial charge in [-0.15, -0.1) is 10.2 Å². The molecule has 0 saturated heterocycles. The van der Waals surface area contributed by atoms with Crippen molar-refractivity contribution in [2.75, 3.05) is 24.9 Å². The molecule has 2 heterocycles. The number of methoxy groups -OCH3 is 2. The molecule has 2 aromatic carbocycles. The van der Waals surface area contributed by atoms with E-state index >= 15 is 0 Å². The number of aromatic nitrogens is 2. The van der Waals surface area contributed by atoms with Crippen molar-refractivity contribution in [2.24, 2.45) is 5.73 Å². The van der Waals surface area contributed by atoms with E-state index in [-0.39, 0.29) is 28.7 Å². The molecule has 1 aromatic heterocycles. The van der Waals surface area contributed by atoms with Crippen LogP contribution in [0.15, 0.2) is 69.5 Å². The van der Waals surface area contributed by atoms with Crippen LogP contribution < -0.4 is 20.1 Å². The molecule has 12 heteroatoms. The normalized spacial score (nSPS) is 17.0. The van der Waals surface area contributed by atoms with Gasteiger partial charge in [-0.3, -0.25) is 14.5 Å². The topological polar surface area (TPSA) is 131 Å². The minimum absolute atomic E-state index is 0.0611. The summed E-state index contributed by atoms with van der Waals surface area (Å²) in [5.41, 5.74) is 9.23. The molecular formula is C28H24ClN5O4S2. The monoisotopic (exact) mass is 593 g/mol. The molecule has 1 aliphatic heterocycles. The number of ether oxygens (including phenoxy) is 2. The predicted octanol–water partition coefficient (Wildman–Crippen LogP) is 5.49. The Labute approximate surface area is 244 Å². The standard InChI is InChI=1S/C28H24ClN5O4S2/c1-37-17-10-11-23(38-2)18(12-17)24-19(13-30)26(31)34(20-4-3-5-21(35)25(20)24)27-32-33-28(40-27)39-14-22(36)15-6-8-16(29)9-7-15/h6-12,24H,3-5,14,31H2,1-2H3. The highest BCUT2D eigenvalue weighted by atomic mass is 35.5. The lowest BCUT2D eigenvalue weighted by atomic mass is 9.75. The van der Waals surface area contributed by atoms with Gasteiger partial charge in [0, 0.05) is 33.8 Å². The number of nitriles is 1. The van der Waals surface area contributed by atoms with Gasteiger partial charge in [0.05, 0.1) is 37.5 Å². The van der Waals surface area contributed by atoms with E-state index < -0.39 is 5.92 Å². The SMILES string of the molecule is COc1ccc(OC)c(C2C(C#N)=C(N)N(c3nnc(SCC(=O)c4ccc(Cl)cc4)s3)C3=C2C(=O)CCC3)c1. The quantitative estimate of drug-likeness (QED) is 0.264. The van der Waals surface area contributed by atoms with E-state index in [2.05, 4.69) is 16.3 Å².